The maximum Gasteiger partial charge on any atom is 0.343 e. The van der Waals surface area contributed by atoms with Crippen LogP contribution in [-0.2, 0) is 11.4 Å². The first-order valence-corrected chi connectivity index (χ1v) is 13.4. The van der Waals surface area contributed by atoms with Crippen molar-refractivity contribution in [3.05, 3.63) is 120 Å². The van der Waals surface area contributed by atoms with Crippen molar-refractivity contribution in [2.24, 2.45) is 5.10 Å². The van der Waals surface area contributed by atoms with Crippen molar-refractivity contribution >= 4 is 18.1 Å². The lowest BCUT2D eigenvalue weighted by Gasteiger charge is -2.08. The van der Waals surface area contributed by atoms with E-state index in [9.17, 15) is 9.59 Å². The molecule has 0 fully saturated rings. The highest BCUT2D eigenvalue weighted by Crippen LogP contribution is 2.19. The summed E-state index contributed by atoms with van der Waals surface area (Å²) in [4.78, 5) is 24.5. The van der Waals surface area contributed by atoms with Gasteiger partial charge < -0.3 is 18.9 Å². The Morgan fingerprint density at radius 2 is 1.34 bits per heavy atom. The molecular weight excluding hydrogens is 520 g/mol. The van der Waals surface area contributed by atoms with E-state index in [1.165, 1.54) is 6.21 Å². The Kier molecular flexibility index (Phi) is 10.9. The van der Waals surface area contributed by atoms with E-state index in [2.05, 4.69) is 17.5 Å². The van der Waals surface area contributed by atoms with Gasteiger partial charge in [0.05, 0.1) is 18.4 Å². The number of nitrogens with one attached hydrogen (secondary N) is 1. The number of hydrazone groups is 1. The molecule has 0 spiro atoms. The highest BCUT2D eigenvalue weighted by atomic mass is 16.5. The van der Waals surface area contributed by atoms with Crippen LogP contribution in [0.15, 0.2) is 108 Å². The van der Waals surface area contributed by atoms with Gasteiger partial charge in [-0.15, -0.1) is 0 Å². The van der Waals surface area contributed by atoms with Gasteiger partial charge in [-0.3, -0.25) is 4.79 Å². The molecule has 8 heteroatoms. The van der Waals surface area contributed by atoms with Crippen molar-refractivity contribution in [2.45, 2.75) is 26.4 Å². The first kappa shape index (κ1) is 28.9. The summed E-state index contributed by atoms with van der Waals surface area (Å²) in [6.07, 6.45) is 3.52. The summed E-state index contributed by atoms with van der Waals surface area (Å²) in [5.74, 6) is 1.49. The van der Waals surface area contributed by atoms with Crippen molar-refractivity contribution in [3.63, 3.8) is 0 Å². The van der Waals surface area contributed by atoms with Crippen LogP contribution in [0.25, 0.3) is 0 Å². The smallest absolute Gasteiger partial charge is 0.343 e. The predicted molar refractivity (Wildman–Crippen MR) is 157 cm³/mol. The highest BCUT2D eigenvalue weighted by molar-refractivity contribution is 5.91. The second kappa shape index (κ2) is 15.5. The molecule has 0 bridgehead atoms. The third-order valence-electron chi connectivity index (χ3n) is 5.79. The zero-order chi connectivity index (χ0) is 28.7. The minimum Gasteiger partial charge on any atom is -0.494 e. The molecule has 0 unspecified atom stereocenters. The Hall–Kier alpha value is -5.11. The minimum atomic E-state index is -0.465. The fourth-order valence-corrected chi connectivity index (χ4v) is 3.54. The van der Waals surface area contributed by atoms with Crippen LogP contribution in [0.4, 0.5) is 0 Å². The topological polar surface area (TPSA) is 95.5 Å². The quantitative estimate of drug-likeness (QED) is 0.0659. The molecule has 0 saturated carbocycles. The lowest BCUT2D eigenvalue weighted by molar-refractivity contribution is -0.123. The van der Waals surface area contributed by atoms with Gasteiger partial charge in [0.1, 0.15) is 29.6 Å². The van der Waals surface area contributed by atoms with E-state index in [0.29, 0.717) is 41.6 Å². The lowest BCUT2D eigenvalue weighted by atomic mass is 10.2. The average Bonchev–Trinajstić information content (AvgIpc) is 3.01. The van der Waals surface area contributed by atoms with Gasteiger partial charge in [-0.1, -0.05) is 43.7 Å². The van der Waals surface area contributed by atoms with Crippen LogP contribution in [0.3, 0.4) is 0 Å². The molecule has 1 N–H and O–H groups in total. The predicted octanol–water partition coefficient (Wildman–Crippen LogP) is 6.19. The summed E-state index contributed by atoms with van der Waals surface area (Å²) in [5.41, 5.74) is 4.64. The summed E-state index contributed by atoms with van der Waals surface area (Å²) in [6, 6.07) is 30.5. The van der Waals surface area contributed by atoms with Crippen molar-refractivity contribution in [3.8, 4) is 23.0 Å². The summed E-state index contributed by atoms with van der Waals surface area (Å²) < 4.78 is 22.3. The van der Waals surface area contributed by atoms with Gasteiger partial charge in [0.2, 0.25) is 0 Å². The van der Waals surface area contributed by atoms with Crippen molar-refractivity contribution in [1.82, 2.24) is 5.43 Å². The van der Waals surface area contributed by atoms with Crippen molar-refractivity contribution < 1.29 is 28.5 Å². The molecule has 0 aliphatic carbocycles. The maximum atomic E-state index is 12.4. The Balaban J connectivity index is 1.16. The number of hydrogen-bond donors (Lipinski definition) is 1. The highest BCUT2D eigenvalue weighted by Gasteiger charge is 2.09. The summed E-state index contributed by atoms with van der Waals surface area (Å²) >= 11 is 0. The summed E-state index contributed by atoms with van der Waals surface area (Å²) in [5, 5.41) is 3.95. The van der Waals surface area contributed by atoms with E-state index < -0.39 is 11.9 Å². The third-order valence-corrected chi connectivity index (χ3v) is 5.79. The van der Waals surface area contributed by atoms with E-state index >= 15 is 0 Å². The number of benzene rings is 4. The summed E-state index contributed by atoms with van der Waals surface area (Å²) in [7, 11) is 0. The van der Waals surface area contributed by atoms with E-state index in [0.717, 1.165) is 24.2 Å². The number of carbonyl (C=O) groups excluding carboxylic acids is 2. The van der Waals surface area contributed by atoms with E-state index in [1.807, 2.05) is 30.3 Å². The molecule has 0 atom stereocenters. The largest absolute Gasteiger partial charge is 0.494 e. The SMILES string of the molecule is CCCCOc1ccc(C(=O)Oc2ccc(/C=N\NC(=O)COc3ccc(OCc4ccccc4)cc3)cc2)cc1. The normalized spacial score (nSPS) is 10.7. The zero-order valence-corrected chi connectivity index (χ0v) is 22.8. The zero-order valence-electron chi connectivity index (χ0n) is 22.8. The van der Waals surface area contributed by atoms with E-state index in [4.69, 9.17) is 18.9 Å². The molecule has 210 valence electrons. The molecule has 41 heavy (non-hydrogen) atoms. The average molecular weight is 553 g/mol. The maximum absolute atomic E-state index is 12.4. The number of nitrogens with zero attached hydrogens (tertiary/aromatic N) is 1. The van der Waals surface area contributed by atoms with Gasteiger partial charge in [0, 0.05) is 0 Å². The van der Waals surface area contributed by atoms with Crippen molar-refractivity contribution in [2.75, 3.05) is 13.2 Å². The molecule has 0 aliphatic rings. The Morgan fingerprint density at radius 3 is 2.02 bits per heavy atom. The molecular formula is C33H32N2O6. The first-order valence-electron chi connectivity index (χ1n) is 13.4. The number of esters is 1. The first-order chi connectivity index (χ1) is 20.1. The Labute approximate surface area is 239 Å². The molecule has 0 aromatic heterocycles. The van der Waals surface area contributed by atoms with Crippen LogP contribution in [0.1, 0.15) is 41.3 Å². The van der Waals surface area contributed by atoms with Crippen LogP contribution in [0.2, 0.25) is 0 Å². The summed E-state index contributed by atoms with van der Waals surface area (Å²) in [6.45, 7) is 3.03. The molecule has 0 aliphatic heterocycles. The van der Waals surface area contributed by atoms with Gasteiger partial charge in [0.15, 0.2) is 6.61 Å². The second-order valence-corrected chi connectivity index (χ2v) is 9.01. The molecule has 0 heterocycles. The number of rotatable bonds is 14. The molecule has 0 radical (unpaired) electrons. The number of hydrogen-bond acceptors (Lipinski definition) is 7. The molecule has 8 nitrogen and oxygen atoms in total. The molecule has 4 aromatic carbocycles. The lowest BCUT2D eigenvalue weighted by Crippen LogP contribution is -2.24. The molecule has 0 saturated heterocycles. The Morgan fingerprint density at radius 1 is 0.732 bits per heavy atom. The molecule has 4 aromatic rings. The van der Waals surface area contributed by atoms with Crippen LogP contribution in [-0.4, -0.2) is 31.3 Å². The number of unbranched alkanes of at least 4 members (excludes halogenated alkanes) is 1. The van der Waals surface area contributed by atoms with Gasteiger partial charge in [-0.25, -0.2) is 10.2 Å². The molecule has 1 amide bonds. The van der Waals surface area contributed by atoms with Gasteiger partial charge in [0.25, 0.3) is 5.91 Å². The Bertz CT molecular complexity index is 1400. The fourth-order valence-electron chi connectivity index (χ4n) is 3.54. The number of amides is 1. The van der Waals surface area contributed by atoms with Crippen LogP contribution >= 0.6 is 0 Å². The monoisotopic (exact) mass is 552 g/mol. The van der Waals surface area contributed by atoms with Gasteiger partial charge in [-0.2, -0.15) is 5.10 Å². The standard InChI is InChI=1S/C33H32N2O6/c1-2-3-21-38-28-15-11-27(12-16-28)33(37)41-31-13-9-25(10-14-31)22-34-35-32(36)24-40-30-19-17-29(18-20-30)39-23-26-7-5-4-6-8-26/h4-20,22H,2-3,21,23-24H2,1H3,(H,35,36)/b34-22-. The van der Waals surface area contributed by atoms with Crippen LogP contribution in [0.5, 0.6) is 23.0 Å². The second-order valence-electron chi connectivity index (χ2n) is 9.01. The van der Waals surface area contributed by atoms with Crippen LogP contribution < -0.4 is 24.4 Å². The van der Waals surface area contributed by atoms with E-state index in [-0.39, 0.29) is 6.61 Å². The van der Waals surface area contributed by atoms with Crippen molar-refractivity contribution in [1.29, 1.82) is 0 Å². The third kappa shape index (κ3) is 9.85. The fraction of sp³-hybridized carbons (Fsp3) is 0.182. The van der Waals surface area contributed by atoms with Crippen LogP contribution in [0, 0.1) is 0 Å². The molecule has 4 rings (SSSR count). The minimum absolute atomic E-state index is 0.192. The number of ether oxygens (including phenoxy) is 4. The van der Waals surface area contributed by atoms with Gasteiger partial charge in [-0.05, 0) is 90.3 Å². The van der Waals surface area contributed by atoms with Gasteiger partial charge >= 0.3 is 5.97 Å². The van der Waals surface area contributed by atoms with E-state index in [1.54, 1.807) is 72.8 Å². The number of carbonyl (C=O) groups is 2.